The van der Waals surface area contributed by atoms with E-state index >= 15 is 0 Å². The molecule has 1 amide bonds. The number of rotatable bonds is 6. The number of benzene rings is 2. The van der Waals surface area contributed by atoms with Crippen LogP contribution in [-0.2, 0) is 4.79 Å². The maximum atomic E-state index is 11.8. The van der Waals surface area contributed by atoms with Gasteiger partial charge >= 0.3 is 0 Å². The second-order valence-electron chi connectivity index (χ2n) is 5.73. The van der Waals surface area contributed by atoms with Gasteiger partial charge in [-0.15, -0.1) is 0 Å². The minimum absolute atomic E-state index is 0.134. The van der Waals surface area contributed by atoms with Gasteiger partial charge < -0.3 is 9.73 Å². The van der Waals surface area contributed by atoms with Crippen molar-refractivity contribution in [3.8, 4) is 11.3 Å². The van der Waals surface area contributed by atoms with Crippen LogP contribution in [0, 0.1) is 6.92 Å². The molecule has 6 heteroatoms. The topological polar surface area (TPSA) is 66.6 Å². The van der Waals surface area contributed by atoms with E-state index in [1.807, 2.05) is 49.4 Å². The van der Waals surface area contributed by atoms with Crippen LogP contribution in [0.15, 0.2) is 70.2 Å². The van der Waals surface area contributed by atoms with Crippen LogP contribution in [0.25, 0.3) is 11.3 Å². The summed E-state index contributed by atoms with van der Waals surface area (Å²) in [5.74, 6) is 1.00. The SMILES string of the molecule is Cc1cccc(NCC(=O)NN=Cc2ccc(-c3ccc(Cl)cc3)o2)c1. The number of carbonyl (C=O) groups is 1. The van der Waals surface area contributed by atoms with E-state index in [-0.39, 0.29) is 12.5 Å². The number of carbonyl (C=O) groups excluding carboxylic acids is 1. The Labute approximate surface area is 156 Å². The largest absolute Gasteiger partial charge is 0.455 e. The normalized spacial score (nSPS) is 10.8. The molecule has 0 atom stereocenters. The Hall–Kier alpha value is -3.05. The predicted octanol–water partition coefficient (Wildman–Crippen LogP) is 4.47. The van der Waals surface area contributed by atoms with E-state index in [0.29, 0.717) is 16.5 Å². The van der Waals surface area contributed by atoms with Gasteiger partial charge in [0.1, 0.15) is 11.5 Å². The molecule has 0 bridgehead atoms. The number of anilines is 1. The molecule has 1 heterocycles. The monoisotopic (exact) mass is 367 g/mol. The fraction of sp³-hybridized carbons (Fsp3) is 0.100. The first-order valence-electron chi connectivity index (χ1n) is 8.08. The molecule has 3 aromatic rings. The van der Waals surface area contributed by atoms with Gasteiger partial charge in [0, 0.05) is 16.3 Å². The molecular formula is C20H18ClN3O2. The molecule has 2 N–H and O–H groups in total. The van der Waals surface area contributed by atoms with Gasteiger partial charge in [-0.3, -0.25) is 4.79 Å². The van der Waals surface area contributed by atoms with Crippen LogP contribution in [0.3, 0.4) is 0 Å². The molecule has 1 aromatic heterocycles. The zero-order valence-corrected chi connectivity index (χ0v) is 15.0. The first-order chi connectivity index (χ1) is 12.6. The van der Waals surface area contributed by atoms with E-state index in [2.05, 4.69) is 15.8 Å². The summed E-state index contributed by atoms with van der Waals surface area (Å²) in [6, 6.07) is 18.8. The molecule has 0 saturated carbocycles. The third-order valence-corrected chi connectivity index (χ3v) is 3.86. The quantitative estimate of drug-likeness (QED) is 0.499. The summed E-state index contributed by atoms with van der Waals surface area (Å²) in [5, 5.41) is 7.63. The Kier molecular flexibility index (Phi) is 5.71. The molecule has 26 heavy (non-hydrogen) atoms. The molecular weight excluding hydrogens is 350 g/mol. The molecule has 5 nitrogen and oxygen atoms in total. The number of aryl methyl sites for hydroxylation is 1. The lowest BCUT2D eigenvalue weighted by molar-refractivity contribution is -0.119. The van der Waals surface area contributed by atoms with E-state index < -0.39 is 0 Å². The highest BCUT2D eigenvalue weighted by Crippen LogP contribution is 2.23. The van der Waals surface area contributed by atoms with Gasteiger partial charge in [-0.25, -0.2) is 5.43 Å². The minimum atomic E-state index is -0.243. The molecule has 0 unspecified atom stereocenters. The highest BCUT2D eigenvalue weighted by Gasteiger charge is 2.04. The maximum Gasteiger partial charge on any atom is 0.259 e. The number of amides is 1. The Bertz CT molecular complexity index is 917. The fourth-order valence-electron chi connectivity index (χ4n) is 2.34. The van der Waals surface area contributed by atoms with E-state index in [4.69, 9.17) is 16.0 Å². The summed E-state index contributed by atoms with van der Waals surface area (Å²) in [7, 11) is 0. The zero-order chi connectivity index (χ0) is 18.4. The molecule has 0 fully saturated rings. The average molecular weight is 368 g/mol. The van der Waals surface area contributed by atoms with E-state index in [1.165, 1.54) is 6.21 Å². The third-order valence-electron chi connectivity index (χ3n) is 3.61. The number of hydrogen-bond acceptors (Lipinski definition) is 4. The summed E-state index contributed by atoms with van der Waals surface area (Å²) in [5.41, 5.74) is 5.40. The van der Waals surface area contributed by atoms with Gasteiger partial charge in [-0.1, -0.05) is 23.7 Å². The molecule has 0 aliphatic rings. The Morgan fingerprint density at radius 1 is 1.15 bits per heavy atom. The van der Waals surface area contributed by atoms with Crippen LogP contribution >= 0.6 is 11.6 Å². The third kappa shape index (κ3) is 4.97. The van der Waals surface area contributed by atoms with Gasteiger partial charge in [0.2, 0.25) is 0 Å². The number of hydrogen-bond donors (Lipinski definition) is 2. The second-order valence-corrected chi connectivity index (χ2v) is 6.16. The molecule has 2 aromatic carbocycles. The first-order valence-corrected chi connectivity index (χ1v) is 8.46. The molecule has 0 aliphatic carbocycles. The molecule has 0 aliphatic heterocycles. The lowest BCUT2D eigenvalue weighted by atomic mass is 10.2. The molecule has 0 spiro atoms. The van der Waals surface area contributed by atoms with Crippen molar-refractivity contribution in [1.29, 1.82) is 0 Å². The van der Waals surface area contributed by atoms with Crippen molar-refractivity contribution in [3.63, 3.8) is 0 Å². The predicted molar refractivity (Wildman–Crippen MR) is 105 cm³/mol. The standard InChI is InChI=1S/C20H18ClN3O2/c1-14-3-2-4-17(11-14)22-13-20(25)24-23-12-18-9-10-19(26-18)15-5-7-16(21)8-6-15/h2-12,22H,13H2,1H3,(H,24,25). The van der Waals surface area contributed by atoms with Crippen LogP contribution < -0.4 is 10.7 Å². The van der Waals surface area contributed by atoms with E-state index in [0.717, 1.165) is 16.8 Å². The van der Waals surface area contributed by atoms with Crippen LogP contribution in [0.2, 0.25) is 5.02 Å². The Morgan fingerprint density at radius 3 is 2.73 bits per heavy atom. The highest BCUT2D eigenvalue weighted by atomic mass is 35.5. The van der Waals surface area contributed by atoms with Gasteiger partial charge in [-0.05, 0) is 61.0 Å². The number of hydrazone groups is 1. The van der Waals surface area contributed by atoms with E-state index in [9.17, 15) is 4.79 Å². The average Bonchev–Trinajstić information content (AvgIpc) is 3.09. The van der Waals surface area contributed by atoms with Crippen molar-refractivity contribution < 1.29 is 9.21 Å². The number of nitrogens with one attached hydrogen (secondary N) is 2. The van der Waals surface area contributed by atoms with Crippen molar-refractivity contribution in [1.82, 2.24) is 5.43 Å². The summed E-state index contributed by atoms with van der Waals surface area (Å²) >= 11 is 5.88. The number of nitrogens with zero attached hydrogens (tertiary/aromatic N) is 1. The molecule has 0 saturated heterocycles. The summed E-state index contributed by atoms with van der Waals surface area (Å²) in [4.78, 5) is 11.8. The Morgan fingerprint density at radius 2 is 1.96 bits per heavy atom. The summed E-state index contributed by atoms with van der Waals surface area (Å²) in [6.45, 7) is 2.13. The van der Waals surface area contributed by atoms with Gasteiger partial charge in [-0.2, -0.15) is 5.10 Å². The van der Waals surface area contributed by atoms with Crippen LogP contribution in [0.5, 0.6) is 0 Å². The van der Waals surface area contributed by atoms with Crippen molar-refractivity contribution in [2.75, 3.05) is 11.9 Å². The van der Waals surface area contributed by atoms with Gasteiger partial charge in [0.05, 0.1) is 12.8 Å². The maximum absolute atomic E-state index is 11.8. The van der Waals surface area contributed by atoms with Gasteiger partial charge in [0.15, 0.2) is 0 Å². The molecule has 0 radical (unpaired) electrons. The van der Waals surface area contributed by atoms with Crippen LogP contribution in [-0.4, -0.2) is 18.7 Å². The zero-order valence-electron chi connectivity index (χ0n) is 14.2. The molecule has 132 valence electrons. The number of halogens is 1. The van der Waals surface area contributed by atoms with Crippen molar-refractivity contribution >= 4 is 29.4 Å². The minimum Gasteiger partial charge on any atom is -0.455 e. The lowest BCUT2D eigenvalue weighted by Crippen LogP contribution is -2.25. The first kappa shape index (κ1) is 17.8. The lowest BCUT2D eigenvalue weighted by Gasteiger charge is -2.05. The highest BCUT2D eigenvalue weighted by molar-refractivity contribution is 6.30. The number of furan rings is 1. The second kappa shape index (κ2) is 8.36. The van der Waals surface area contributed by atoms with E-state index in [1.54, 1.807) is 18.2 Å². The van der Waals surface area contributed by atoms with Crippen molar-refractivity contribution in [3.05, 3.63) is 77.0 Å². The van der Waals surface area contributed by atoms with Gasteiger partial charge in [0.25, 0.3) is 5.91 Å². The fourth-order valence-corrected chi connectivity index (χ4v) is 2.46. The summed E-state index contributed by atoms with van der Waals surface area (Å²) in [6.07, 6.45) is 1.46. The van der Waals surface area contributed by atoms with Crippen molar-refractivity contribution in [2.45, 2.75) is 6.92 Å². The smallest absolute Gasteiger partial charge is 0.259 e. The van der Waals surface area contributed by atoms with Crippen molar-refractivity contribution in [2.24, 2.45) is 5.10 Å². The van der Waals surface area contributed by atoms with Crippen LogP contribution in [0.1, 0.15) is 11.3 Å². The Balaban J connectivity index is 1.50. The molecule has 3 rings (SSSR count). The van der Waals surface area contributed by atoms with Crippen LogP contribution in [0.4, 0.5) is 5.69 Å². The summed E-state index contributed by atoms with van der Waals surface area (Å²) < 4.78 is 5.67.